The zero-order chi connectivity index (χ0) is 21.2. The molecule has 29 heavy (non-hydrogen) atoms. The Labute approximate surface area is 175 Å². The topological polar surface area (TPSA) is 130 Å². The lowest BCUT2D eigenvalue weighted by Gasteiger charge is -2.12. The van der Waals surface area contributed by atoms with Crippen LogP contribution in [-0.2, 0) is 14.8 Å². The highest BCUT2D eigenvalue weighted by molar-refractivity contribution is 8.01. The Morgan fingerprint density at radius 2 is 1.83 bits per heavy atom. The van der Waals surface area contributed by atoms with Gasteiger partial charge in [-0.05, 0) is 12.1 Å². The third kappa shape index (κ3) is 4.98. The molecule has 2 aromatic rings. The van der Waals surface area contributed by atoms with Crippen LogP contribution >= 0.6 is 23.1 Å². The van der Waals surface area contributed by atoms with Gasteiger partial charge in [-0.25, -0.2) is 8.42 Å². The second-order valence-electron chi connectivity index (χ2n) is 6.10. The van der Waals surface area contributed by atoms with Gasteiger partial charge in [0.1, 0.15) is 0 Å². The van der Waals surface area contributed by atoms with Crippen molar-refractivity contribution in [1.82, 2.24) is 19.4 Å². The van der Waals surface area contributed by atoms with Gasteiger partial charge in [0.25, 0.3) is 11.8 Å². The van der Waals surface area contributed by atoms with Crippen LogP contribution in [0.4, 0.5) is 5.13 Å². The molecule has 3 rings (SSSR count). The lowest BCUT2D eigenvalue weighted by molar-refractivity contribution is -0.116. The Hall–Kier alpha value is -2.35. The van der Waals surface area contributed by atoms with Gasteiger partial charge in [0.05, 0.1) is 23.9 Å². The first-order valence-electron chi connectivity index (χ1n) is 8.29. The van der Waals surface area contributed by atoms with Crippen LogP contribution in [0.1, 0.15) is 20.7 Å². The highest BCUT2D eigenvalue weighted by atomic mass is 32.2. The molecule has 0 spiro atoms. The molecule has 0 saturated heterocycles. The SMILES string of the molecule is CN(CC(=O)Nc1nnc(SCCN2C(=O)c3ccccc3C2=O)s1)S(C)(=O)=O. The average molecular weight is 456 g/mol. The summed E-state index contributed by atoms with van der Waals surface area (Å²) < 4.78 is 24.1. The van der Waals surface area contributed by atoms with Crippen molar-refractivity contribution in [2.75, 3.05) is 37.5 Å². The van der Waals surface area contributed by atoms with E-state index in [1.54, 1.807) is 24.3 Å². The zero-order valence-corrected chi connectivity index (χ0v) is 17.9. The van der Waals surface area contributed by atoms with Crippen molar-refractivity contribution in [1.29, 1.82) is 0 Å². The number of fused-ring (bicyclic) bond motifs is 1. The summed E-state index contributed by atoms with van der Waals surface area (Å²) in [6, 6.07) is 6.69. The predicted molar refractivity (Wildman–Crippen MR) is 109 cm³/mol. The second-order valence-corrected chi connectivity index (χ2v) is 10.5. The first kappa shape index (κ1) is 21.4. The first-order valence-corrected chi connectivity index (χ1v) is 11.9. The molecule has 0 radical (unpaired) electrons. The summed E-state index contributed by atoms with van der Waals surface area (Å²) in [6.07, 6.45) is 1.01. The Kier molecular flexibility index (Phi) is 6.31. The molecule has 10 nitrogen and oxygen atoms in total. The van der Waals surface area contributed by atoms with Crippen LogP contribution < -0.4 is 5.32 Å². The van der Waals surface area contributed by atoms with Crippen LogP contribution in [0, 0.1) is 0 Å². The van der Waals surface area contributed by atoms with Crippen molar-refractivity contribution in [3.05, 3.63) is 35.4 Å². The minimum absolute atomic E-state index is 0.220. The summed E-state index contributed by atoms with van der Waals surface area (Å²) in [5.74, 6) is -0.736. The number of amides is 3. The lowest BCUT2D eigenvalue weighted by atomic mass is 10.1. The minimum Gasteiger partial charge on any atom is -0.299 e. The van der Waals surface area contributed by atoms with Crippen LogP contribution in [0.15, 0.2) is 28.6 Å². The number of rotatable bonds is 8. The predicted octanol–water partition coefficient (Wildman–Crippen LogP) is 0.756. The van der Waals surface area contributed by atoms with Gasteiger partial charge in [0.2, 0.25) is 21.1 Å². The van der Waals surface area contributed by atoms with Crippen molar-refractivity contribution in [2.24, 2.45) is 0 Å². The van der Waals surface area contributed by atoms with Gasteiger partial charge in [0.15, 0.2) is 4.34 Å². The lowest BCUT2D eigenvalue weighted by Crippen LogP contribution is -2.34. The van der Waals surface area contributed by atoms with Gasteiger partial charge in [-0.3, -0.25) is 24.6 Å². The summed E-state index contributed by atoms with van der Waals surface area (Å²) in [5.41, 5.74) is 0.810. The van der Waals surface area contributed by atoms with E-state index in [4.69, 9.17) is 0 Å². The Morgan fingerprint density at radius 1 is 1.21 bits per heavy atom. The largest absolute Gasteiger partial charge is 0.299 e. The van der Waals surface area contributed by atoms with E-state index in [-0.39, 0.29) is 30.0 Å². The van der Waals surface area contributed by atoms with Crippen molar-refractivity contribution >= 4 is 56.0 Å². The van der Waals surface area contributed by atoms with E-state index < -0.39 is 15.9 Å². The highest BCUT2D eigenvalue weighted by Crippen LogP contribution is 2.27. The fraction of sp³-hybridized carbons (Fsp3) is 0.312. The van der Waals surface area contributed by atoms with E-state index in [0.29, 0.717) is 21.2 Å². The van der Waals surface area contributed by atoms with Crippen LogP contribution in [0.5, 0.6) is 0 Å². The highest BCUT2D eigenvalue weighted by Gasteiger charge is 2.34. The number of anilines is 1. The molecule has 1 aromatic carbocycles. The number of carbonyl (C=O) groups is 3. The molecule has 154 valence electrons. The number of hydrogen-bond donors (Lipinski definition) is 1. The molecule has 1 N–H and O–H groups in total. The maximum Gasteiger partial charge on any atom is 0.261 e. The summed E-state index contributed by atoms with van der Waals surface area (Å²) >= 11 is 2.42. The summed E-state index contributed by atoms with van der Waals surface area (Å²) in [4.78, 5) is 37.7. The van der Waals surface area contributed by atoms with Gasteiger partial charge in [0, 0.05) is 19.3 Å². The van der Waals surface area contributed by atoms with Crippen LogP contribution in [0.3, 0.4) is 0 Å². The summed E-state index contributed by atoms with van der Waals surface area (Å²) in [6.45, 7) is -0.113. The van der Waals surface area contributed by atoms with Crippen molar-refractivity contribution in [3.8, 4) is 0 Å². The van der Waals surface area contributed by atoms with Gasteiger partial charge in [-0.15, -0.1) is 10.2 Å². The zero-order valence-electron chi connectivity index (χ0n) is 15.5. The normalized spacial score (nSPS) is 13.8. The molecule has 0 atom stereocenters. The smallest absolute Gasteiger partial charge is 0.261 e. The number of aromatic nitrogens is 2. The third-order valence-electron chi connectivity index (χ3n) is 4.00. The van der Waals surface area contributed by atoms with Gasteiger partial charge >= 0.3 is 0 Å². The molecule has 1 aliphatic rings. The van der Waals surface area contributed by atoms with Crippen LogP contribution in [0.25, 0.3) is 0 Å². The molecule has 13 heteroatoms. The second kappa shape index (κ2) is 8.57. The van der Waals surface area contributed by atoms with Crippen molar-refractivity contribution in [3.63, 3.8) is 0 Å². The van der Waals surface area contributed by atoms with Crippen LogP contribution in [0.2, 0.25) is 0 Å². The Morgan fingerprint density at radius 3 is 2.41 bits per heavy atom. The Balaban J connectivity index is 1.50. The molecule has 0 unspecified atom stereocenters. The van der Waals surface area contributed by atoms with Crippen molar-refractivity contribution in [2.45, 2.75) is 4.34 Å². The van der Waals surface area contributed by atoms with E-state index in [1.165, 1.54) is 23.7 Å². The average Bonchev–Trinajstić information content (AvgIpc) is 3.19. The monoisotopic (exact) mass is 455 g/mol. The fourth-order valence-electron chi connectivity index (χ4n) is 2.46. The Bertz CT molecular complexity index is 1030. The third-order valence-corrected chi connectivity index (χ3v) is 7.22. The molecule has 0 fully saturated rings. The number of thioether (sulfide) groups is 1. The molecule has 0 saturated carbocycles. The number of nitrogens with zero attached hydrogens (tertiary/aromatic N) is 4. The first-order chi connectivity index (χ1) is 13.7. The maximum absolute atomic E-state index is 12.3. The quantitative estimate of drug-likeness (QED) is 0.351. The molecular weight excluding hydrogens is 438 g/mol. The number of sulfonamides is 1. The van der Waals surface area contributed by atoms with Crippen molar-refractivity contribution < 1.29 is 22.8 Å². The molecule has 3 amide bonds. The van der Waals surface area contributed by atoms with Gasteiger partial charge in [-0.2, -0.15) is 4.31 Å². The molecular formula is C16H17N5O5S3. The van der Waals surface area contributed by atoms with E-state index in [0.717, 1.165) is 21.9 Å². The standard InChI is InChI=1S/C16H17N5O5S3/c1-20(29(2,25)26)9-12(22)17-15-18-19-16(28-15)27-8-7-21-13(23)10-5-3-4-6-11(10)14(21)24/h3-6H,7-9H2,1-2H3,(H,17,18,22). The number of imide groups is 1. The molecule has 0 bridgehead atoms. The fourth-order valence-corrected chi connectivity index (χ4v) is 4.58. The van der Waals surface area contributed by atoms with E-state index in [1.807, 2.05) is 0 Å². The summed E-state index contributed by atoms with van der Waals surface area (Å²) in [5, 5.41) is 10.5. The van der Waals surface area contributed by atoms with E-state index in [2.05, 4.69) is 15.5 Å². The molecule has 1 aromatic heterocycles. The molecule has 0 aliphatic carbocycles. The van der Waals surface area contributed by atoms with Crippen LogP contribution in [-0.4, -0.2) is 77.7 Å². The molecule has 2 heterocycles. The molecule has 1 aliphatic heterocycles. The van der Waals surface area contributed by atoms with Gasteiger partial charge in [-0.1, -0.05) is 35.2 Å². The number of hydrogen-bond acceptors (Lipinski definition) is 9. The van der Waals surface area contributed by atoms with E-state index >= 15 is 0 Å². The maximum atomic E-state index is 12.3. The van der Waals surface area contributed by atoms with E-state index in [9.17, 15) is 22.8 Å². The number of nitrogens with one attached hydrogen (secondary N) is 1. The number of benzene rings is 1. The number of likely N-dealkylation sites (N-methyl/N-ethyl adjacent to an activating group) is 1. The summed E-state index contributed by atoms with van der Waals surface area (Å²) in [7, 11) is -2.16. The number of carbonyl (C=O) groups excluding carboxylic acids is 3. The van der Waals surface area contributed by atoms with Gasteiger partial charge < -0.3 is 0 Å². The minimum atomic E-state index is -3.46.